The van der Waals surface area contributed by atoms with Crippen molar-refractivity contribution in [3.63, 3.8) is 0 Å². The van der Waals surface area contributed by atoms with Crippen LogP contribution in [-0.4, -0.2) is 46.4 Å². The van der Waals surface area contributed by atoms with Gasteiger partial charge in [0, 0.05) is 28.3 Å². The third kappa shape index (κ3) is 4.54. The third-order valence-electron chi connectivity index (χ3n) is 8.61. The Bertz CT molecular complexity index is 1360. The molecule has 5 atom stereocenters. The number of benzene rings is 2. The number of likely N-dealkylation sites (tertiary alicyclic amines) is 1. The maximum Gasteiger partial charge on any atom is 0.246 e. The van der Waals surface area contributed by atoms with Gasteiger partial charge in [0.2, 0.25) is 17.7 Å². The van der Waals surface area contributed by atoms with Crippen LogP contribution in [0.5, 0.6) is 0 Å². The van der Waals surface area contributed by atoms with E-state index in [2.05, 4.69) is 10.6 Å². The van der Waals surface area contributed by atoms with E-state index < -0.39 is 29.6 Å². The first-order valence-corrected chi connectivity index (χ1v) is 14.3. The molecule has 0 unspecified atom stereocenters. The fourth-order valence-electron chi connectivity index (χ4n) is 6.67. The van der Waals surface area contributed by atoms with Crippen LogP contribution >= 0.6 is 23.2 Å². The molecule has 1 aliphatic carbocycles. The highest BCUT2D eigenvalue weighted by Crippen LogP contribution is 2.55. The zero-order valence-electron chi connectivity index (χ0n) is 21.7. The van der Waals surface area contributed by atoms with Crippen molar-refractivity contribution in [1.82, 2.24) is 10.2 Å². The maximum absolute atomic E-state index is 14.1. The number of carbonyl (C=O) groups excluding carboxylic acids is 3. The predicted octanol–water partition coefficient (Wildman–Crippen LogP) is 5.04. The lowest BCUT2D eigenvalue weighted by Gasteiger charge is -2.34. The Morgan fingerprint density at radius 1 is 1.05 bits per heavy atom. The fraction of sp³-hybridized carbons (Fsp3) is 0.433. The minimum absolute atomic E-state index is 0.0620. The molecule has 2 aromatic carbocycles. The lowest BCUT2D eigenvalue weighted by atomic mass is 9.74. The second kappa shape index (κ2) is 10.3. The van der Waals surface area contributed by atoms with Gasteiger partial charge in [-0.1, -0.05) is 78.9 Å². The van der Waals surface area contributed by atoms with Gasteiger partial charge in [-0.05, 0) is 49.1 Å². The predicted molar refractivity (Wildman–Crippen MR) is 149 cm³/mol. The van der Waals surface area contributed by atoms with Crippen molar-refractivity contribution in [2.24, 2.45) is 11.8 Å². The molecule has 7 nitrogen and oxygen atoms in total. The van der Waals surface area contributed by atoms with Crippen molar-refractivity contribution in [3.05, 3.63) is 75.8 Å². The molecule has 0 aromatic heterocycles. The van der Waals surface area contributed by atoms with Crippen LogP contribution in [0.2, 0.25) is 10.0 Å². The lowest BCUT2D eigenvalue weighted by molar-refractivity contribution is -0.142. The molecule has 3 aliphatic heterocycles. The van der Waals surface area contributed by atoms with E-state index in [4.69, 9.17) is 27.9 Å². The Hall–Kier alpha value is -2.87. The van der Waals surface area contributed by atoms with Crippen molar-refractivity contribution in [2.45, 2.75) is 69.4 Å². The van der Waals surface area contributed by atoms with Crippen molar-refractivity contribution in [3.8, 4) is 0 Å². The average Bonchev–Trinajstić information content (AvgIpc) is 3.56. The molecular formula is C30H31Cl2N3O4. The summed E-state index contributed by atoms with van der Waals surface area (Å²) in [5.41, 5.74) is 0.941. The standard InChI is InChI=1S/C30H31Cl2N3O4/c1-17-11-12-20(15-22(17)32)34-27(36)24-23-13-14-30(39-23)25(24)29(38)35(16-18-7-5-6-10-21(18)31)26(30)28(37)33-19-8-3-2-4-9-19/h5-7,10-15,19,23-26H,2-4,8-9,16H2,1H3,(H,33,37)(H,34,36)/t23-,24+,25-,26-,30-/m0/s1. The number of nitrogens with zero attached hydrogens (tertiary/aromatic N) is 1. The summed E-state index contributed by atoms with van der Waals surface area (Å²) in [5.74, 6) is -2.49. The van der Waals surface area contributed by atoms with Gasteiger partial charge in [-0.2, -0.15) is 0 Å². The molecule has 2 N–H and O–H groups in total. The Kier molecular flexibility index (Phi) is 6.94. The molecule has 1 saturated carbocycles. The summed E-state index contributed by atoms with van der Waals surface area (Å²) in [6.45, 7) is 2.03. The number of carbonyl (C=O) groups is 3. The molecule has 4 aliphatic rings. The molecule has 204 valence electrons. The van der Waals surface area contributed by atoms with Gasteiger partial charge in [0.05, 0.1) is 17.9 Å². The third-order valence-corrected chi connectivity index (χ3v) is 9.39. The van der Waals surface area contributed by atoms with Gasteiger partial charge in [0.1, 0.15) is 11.6 Å². The highest BCUT2D eigenvalue weighted by Gasteiger charge is 2.72. The molecule has 2 aromatic rings. The van der Waals surface area contributed by atoms with Gasteiger partial charge in [0.25, 0.3) is 0 Å². The highest BCUT2D eigenvalue weighted by atomic mass is 35.5. The van der Waals surface area contributed by atoms with Crippen molar-refractivity contribution in [2.75, 3.05) is 5.32 Å². The molecule has 3 heterocycles. The van der Waals surface area contributed by atoms with Gasteiger partial charge in [-0.15, -0.1) is 0 Å². The van der Waals surface area contributed by atoms with E-state index in [-0.39, 0.29) is 30.3 Å². The normalized spacial score (nSPS) is 29.5. The van der Waals surface area contributed by atoms with E-state index in [0.717, 1.165) is 43.2 Å². The molecule has 2 saturated heterocycles. The highest BCUT2D eigenvalue weighted by molar-refractivity contribution is 6.31. The van der Waals surface area contributed by atoms with Crippen molar-refractivity contribution < 1.29 is 19.1 Å². The Balaban J connectivity index is 1.33. The monoisotopic (exact) mass is 567 g/mol. The lowest BCUT2D eigenvalue weighted by Crippen LogP contribution is -2.56. The van der Waals surface area contributed by atoms with Crippen LogP contribution in [0, 0.1) is 18.8 Å². The van der Waals surface area contributed by atoms with Crippen LogP contribution in [-0.2, 0) is 25.7 Å². The van der Waals surface area contributed by atoms with Crippen LogP contribution in [0.4, 0.5) is 5.69 Å². The summed E-state index contributed by atoms with van der Waals surface area (Å²) in [5, 5.41) is 7.17. The number of hydrogen-bond donors (Lipinski definition) is 2. The summed E-state index contributed by atoms with van der Waals surface area (Å²) < 4.78 is 6.44. The number of rotatable bonds is 6. The number of aryl methyl sites for hydroxylation is 1. The Morgan fingerprint density at radius 3 is 2.56 bits per heavy atom. The summed E-state index contributed by atoms with van der Waals surface area (Å²) in [6.07, 6.45) is 8.15. The summed E-state index contributed by atoms with van der Waals surface area (Å²) in [7, 11) is 0. The molecule has 39 heavy (non-hydrogen) atoms. The van der Waals surface area contributed by atoms with Crippen LogP contribution in [0.25, 0.3) is 0 Å². The van der Waals surface area contributed by atoms with Crippen molar-refractivity contribution in [1.29, 1.82) is 0 Å². The molecule has 3 fully saturated rings. The first-order chi connectivity index (χ1) is 18.8. The van der Waals surface area contributed by atoms with E-state index >= 15 is 0 Å². The fourth-order valence-corrected chi connectivity index (χ4v) is 7.05. The van der Waals surface area contributed by atoms with Gasteiger partial charge < -0.3 is 20.3 Å². The number of ether oxygens (including phenoxy) is 1. The minimum Gasteiger partial charge on any atom is -0.359 e. The molecule has 2 bridgehead atoms. The van der Waals surface area contributed by atoms with Gasteiger partial charge in [-0.3, -0.25) is 14.4 Å². The summed E-state index contributed by atoms with van der Waals surface area (Å²) >= 11 is 12.7. The smallest absolute Gasteiger partial charge is 0.246 e. The van der Waals surface area contributed by atoms with Gasteiger partial charge in [-0.25, -0.2) is 0 Å². The quantitative estimate of drug-likeness (QED) is 0.478. The number of hydrogen-bond acceptors (Lipinski definition) is 4. The molecular weight excluding hydrogens is 537 g/mol. The van der Waals surface area contributed by atoms with Crippen LogP contribution < -0.4 is 10.6 Å². The van der Waals surface area contributed by atoms with Crippen LogP contribution in [0.3, 0.4) is 0 Å². The second-order valence-electron chi connectivity index (χ2n) is 11.1. The zero-order chi connectivity index (χ0) is 27.3. The largest absolute Gasteiger partial charge is 0.359 e. The first kappa shape index (κ1) is 26.4. The Labute approximate surface area is 237 Å². The van der Waals surface area contributed by atoms with E-state index in [0.29, 0.717) is 15.7 Å². The number of halogens is 2. The van der Waals surface area contributed by atoms with E-state index in [1.54, 1.807) is 23.1 Å². The molecule has 3 amide bonds. The molecule has 1 spiro atoms. The second-order valence-corrected chi connectivity index (χ2v) is 11.9. The Morgan fingerprint density at radius 2 is 1.82 bits per heavy atom. The number of amides is 3. The summed E-state index contributed by atoms with van der Waals surface area (Å²) in [4.78, 5) is 43.3. The molecule has 9 heteroatoms. The van der Waals surface area contributed by atoms with Crippen molar-refractivity contribution >= 4 is 46.6 Å². The van der Waals surface area contributed by atoms with Gasteiger partial charge in [0.15, 0.2) is 0 Å². The van der Waals surface area contributed by atoms with E-state index in [9.17, 15) is 14.4 Å². The van der Waals surface area contributed by atoms with Crippen LogP contribution in [0.1, 0.15) is 43.2 Å². The minimum atomic E-state index is -1.23. The molecule has 0 radical (unpaired) electrons. The van der Waals surface area contributed by atoms with E-state index in [1.807, 2.05) is 43.3 Å². The number of anilines is 1. The molecule has 6 rings (SSSR count). The SMILES string of the molecule is Cc1ccc(NC(=O)[C@@H]2[C@@H]3C=C[C@]4(O3)[C@@H]2C(=O)N(Cc2ccccc2Cl)[C@H]4C(=O)NC2CCCCC2)cc1Cl. The van der Waals surface area contributed by atoms with Crippen LogP contribution in [0.15, 0.2) is 54.6 Å². The number of nitrogens with one attached hydrogen (secondary N) is 2. The first-order valence-electron chi connectivity index (χ1n) is 13.6. The number of fused-ring (bicyclic) bond motifs is 1. The average molecular weight is 569 g/mol. The van der Waals surface area contributed by atoms with E-state index in [1.165, 1.54) is 0 Å². The maximum atomic E-state index is 14.1. The summed E-state index contributed by atoms with van der Waals surface area (Å²) in [6, 6.07) is 11.7. The topological polar surface area (TPSA) is 87.7 Å². The zero-order valence-corrected chi connectivity index (χ0v) is 23.2. The van der Waals surface area contributed by atoms with Gasteiger partial charge >= 0.3 is 0 Å².